The number of carbonyl (C=O) groups is 1. The lowest BCUT2D eigenvalue weighted by Gasteiger charge is -2.09. The zero-order valence-electron chi connectivity index (χ0n) is 11.9. The van der Waals surface area contributed by atoms with Crippen molar-refractivity contribution in [2.24, 2.45) is 0 Å². The minimum atomic E-state index is 0.546. The minimum absolute atomic E-state index is 0.546. The van der Waals surface area contributed by atoms with Crippen LogP contribution in [-0.4, -0.2) is 30.3 Å². The maximum Gasteiger partial charge on any atom is 0.153 e. The van der Waals surface area contributed by atoms with Crippen LogP contribution in [0.15, 0.2) is 24.4 Å². The van der Waals surface area contributed by atoms with Crippen molar-refractivity contribution < 1.29 is 14.3 Å². The number of aryl methyl sites for hydroxylation is 1. The number of rotatable bonds is 6. The van der Waals surface area contributed by atoms with Gasteiger partial charge in [0, 0.05) is 18.3 Å². The number of aromatic nitrogens is 2. The second-order valence-corrected chi connectivity index (χ2v) is 4.38. The van der Waals surface area contributed by atoms with Gasteiger partial charge >= 0.3 is 0 Å². The first-order valence-electron chi connectivity index (χ1n) is 6.48. The first kappa shape index (κ1) is 14.1. The van der Waals surface area contributed by atoms with Gasteiger partial charge < -0.3 is 9.47 Å². The van der Waals surface area contributed by atoms with Crippen molar-refractivity contribution >= 4 is 6.29 Å². The van der Waals surface area contributed by atoms with Gasteiger partial charge in [-0.05, 0) is 24.6 Å². The highest BCUT2D eigenvalue weighted by Gasteiger charge is 2.15. The molecule has 1 heterocycles. The second-order valence-electron chi connectivity index (χ2n) is 4.38. The maximum atomic E-state index is 11.2. The van der Waals surface area contributed by atoms with Crippen LogP contribution < -0.4 is 9.47 Å². The van der Waals surface area contributed by atoms with E-state index in [4.69, 9.17) is 9.47 Å². The molecule has 0 fully saturated rings. The lowest BCUT2D eigenvalue weighted by molar-refractivity contribution is 0.112. The summed E-state index contributed by atoms with van der Waals surface area (Å²) in [4.78, 5) is 11.2. The van der Waals surface area contributed by atoms with Gasteiger partial charge in [-0.15, -0.1) is 0 Å². The molecule has 0 aliphatic heterocycles. The molecular formula is C15H18N2O3. The molecule has 5 nitrogen and oxygen atoms in total. The lowest BCUT2D eigenvalue weighted by Crippen LogP contribution is -1.97. The maximum absolute atomic E-state index is 11.2. The molecule has 1 aromatic carbocycles. The van der Waals surface area contributed by atoms with Gasteiger partial charge in [-0.3, -0.25) is 9.48 Å². The average molecular weight is 274 g/mol. The number of ether oxygens (including phenoxy) is 2. The molecule has 2 rings (SSSR count). The van der Waals surface area contributed by atoms with Crippen molar-refractivity contribution in [1.82, 2.24) is 9.78 Å². The molecule has 0 aliphatic rings. The van der Waals surface area contributed by atoms with E-state index in [0.717, 1.165) is 24.8 Å². The van der Waals surface area contributed by atoms with Crippen molar-refractivity contribution in [3.05, 3.63) is 30.0 Å². The van der Waals surface area contributed by atoms with Gasteiger partial charge in [-0.25, -0.2) is 0 Å². The Morgan fingerprint density at radius 2 is 2.10 bits per heavy atom. The van der Waals surface area contributed by atoms with Crippen molar-refractivity contribution in [2.75, 3.05) is 14.2 Å². The molecule has 0 amide bonds. The third-order valence-electron chi connectivity index (χ3n) is 3.03. The number of nitrogens with zero attached hydrogens (tertiary/aromatic N) is 2. The van der Waals surface area contributed by atoms with Gasteiger partial charge in [0.1, 0.15) is 17.2 Å². The van der Waals surface area contributed by atoms with E-state index in [0.29, 0.717) is 22.8 Å². The molecule has 2 aromatic rings. The van der Waals surface area contributed by atoms with E-state index in [-0.39, 0.29) is 0 Å². The molecule has 0 spiro atoms. The number of benzene rings is 1. The zero-order chi connectivity index (χ0) is 14.5. The molecule has 0 unspecified atom stereocenters. The van der Waals surface area contributed by atoms with Crippen LogP contribution >= 0.6 is 0 Å². The topological polar surface area (TPSA) is 53.4 Å². The van der Waals surface area contributed by atoms with Crippen LogP contribution in [-0.2, 0) is 6.54 Å². The monoisotopic (exact) mass is 274 g/mol. The molecule has 1 aromatic heterocycles. The van der Waals surface area contributed by atoms with Crippen LogP contribution in [0.25, 0.3) is 11.3 Å². The molecule has 5 heteroatoms. The Balaban J connectivity index is 2.56. The van der Waals surface area contributed by atoms with Gasteiger partial charge in [0.15, 0.2) is 6.29 Å². The molecule has 106 valence electrons. The second kappa shape index (κ2) is 6.23. The van der Waals surface area contributed by atoms with Crippen LogP contribution in [0.1, 0.15) is 23.7 Å². The Hall–Kier alpha value is -2.30. The fourth-order valence-electron chi connectivity index (χ4n) is 2.08. The van der Waals surface area contributed by atoms with E-state index in [1.54, 1.807) is 25.1 Å². The first-order valence-corrected chi connectivity index (χ1v) is 6.48. The van der Waals surface area contributed by atoms with E-state index in [1.807, 2.05) is 18.2 Å². The molecule has 0 atom stereocenters. The summed E-state index contributed by atoms with van der Waals surface area (Å²) >= 11 is 0. The summed E-state index contributed by atoms with van der Waals surface area (Å²) in [5, 5.41) is 4.47. The van der Waals surface area contributed by atoms with Gasteiger partial charge in [0.25, 0.3) is 0 Å². The number of carbonyl (C=O) groups excluding carboxylic acids is 1. The van der Waals surface area contributed by atoms with Crippen molar-refractivity contribution in [3.8, 4) is 22.8 Å². The fourth-order valence-corrected chi connectivity index (χ4v) is 2.08. The number of hydrogen-bond acceptors (Lipinski definition) is 4. The molecular weight excluding hydrogens is 256 g/mol. The van der Waals surface area contributed by atoms with Crippen LogP contribution in [0, 0.1) is 0 Å². The number of methoxy groups -OCH3 is 2. The third kappa shape index (κ3) is 2.66. The van der Waals surface area contributed by atoms with Gasteiger partial charge in [-0.1, -0.05) is 6.92 Å². The molecule has 20 heavy (non-hydrogen) atoms. The Morgan fingerprint density at radius 1 is 1.30 bits per heavy atom. The Bertz CT molecular complexity index is 605. The van der Waals surface area contributed by atoms with Gasteiger partial charge in [0.2, 0.25) is 0 Å². The third-order valence-corrected chi connectivity index (χ3v) is 3.03. The number of hydrogen-bond donors (Lipinski definition) is 0. The molecule has 0 radical (unpaired) electrons. The zero-order valence-corrected chi connectivity index (χ0v) is 11.9. The predicted molar refractivity (Wildman–Crippen MR) is 76.4 cm³/mol. The van der Waals surface area contributed by atoms with Crippen LogP contribution in [0.4, 0.5) is 0 Å². The van der Waals surface area contributed by atoms with Crippen molar-refractivity contribution in [2.45, 2.75) is 19.9 Å². The van der Waals surface area contributed by atoms with Crippen molar-refractivity contribution in [1.29, 1.82) is 0 Å². The van der Waals surface area contributed by atoms with Crippen LogP contribution in [0.5, 0.6) is 11.5 Å². The summed E-state index contributed by atoms with van der Waals surface area (Å²) < 4.78 is 12.3. The highest BCUT2D eigenvalue weighted by Crippen LogP contribution is 2.33. The smallest absolute Gasteiger partial charge is 0.153 e. The Kier molecular flexibility index (Phi) is 4.40. The predicted octanol–water partition coefficient (Wildman–Crippen LogP) is 2.79. The SMILES string of the molecule is CCCn1cc(C=O)c(-c2cc(OC)ccc2OC)n1. The summed E-state index contributed by atoms with van der Waals surface area (Å²) in [6.45, 7) is 2.83. The summed E-state index contributed by atoms with van der Waals surface area (Å²) in [7, 11) is 3.19. The quantitative estimate of drug-likeness (QED) is 0.760. The molecule has 0 saturated carbocycles. The lowest BCUT2D eigenvalue weighted by atomic mass is 10.1. The molecule has 0 N–H and O–H groups in total. The van der Waals surface area contributed by atoms with E-state index in [2.05, 4.69) is 12.0 Å². The van der Waals surface area contributed by atoms with Crippen LogP contribution in [0.3, 0.4) is 0 Å². The van der Waals surface area contributed by atoms with Gasteiger partial charge in [0.05, 0.1) is 19.8 Å². The van der Waals surface area contributed by atoms with Crippen molar-refractivity contribution in [3.63, 3.8) is 0 Å². The fraction of sp³-hybridized carbons (Fsp3) is 0.333. The number of aldehydes is 1. The summed E-state index contributed by atoms with van der Waals surface area (Å²) in [5.41, 5.74) is 1.91. The highest BCUT2D eigenvalue weighted by molar-refractivity contribution is 5.87. The van der Waals surface area contributed by atoms with E-state index < -0.39 is 0 Å². The molecule has 0 saturated heterocycles. The molecule has 0 bridgehead atoms. The largest absolute Gasteiger partial charge is 0.497 e. The first-order chi connectivity index (χ1) is 9.73. The van der Waals surface area contributed by atoms with Crippen LogP contribution in [0.2, 0.25) is 0 Å². The van der Waals surface area contributed by atoms with Gasteiger partial charge in [-0.2, -0.15) is 5.10 Å². The Labute approximate surface area is 118 Å². The minimum Gasteiger partial charge on any atom is -0.497 e. The normalized spacial score (nSPS) is 10.3. The standard InChI is InChI=1S/C15H18N2O3/c1-4-7-17-9-11(10-18)15(16-17)13-8-12(19-2)5-6-14(13)20-3/h5-6,8-10H,4,7H2,1-3H3. The molecule has 0 aliphatic carbocycles. The highest BCUT2D eigenvalue weighted by atomic mass is 16.5. The summed E-state index contributed by atoms with van der Waals surface area (Å²) in [5.74, 6) is 1.36. The van der Waals surface area contributed by atoms with E-state index >= 15 is 0 Å². The van der Waals surface area contributed by atoms with E-state index in [1.165, 1.54) is 0 Å². The van der Waals surface area contributed by atoms with E-state index in [9.17, 15) is 4.79 Å². The summed E-state index contributed by atoms with van der Waals surface area (Å²) in [6, 6.07) is 5.44. The average Bonchev–Trinajstić information content (AvgIpc) is 2.89. The summed E-state index contributed by atoms with van der Waals surface area (Å²) in [6.07, 6.45) is 3.52. The Morgan fingerprint density at radius 3 is 2.70 bits per heavy atom.